The molecule has 1 rings (SSSR count). The Labute approximate surface area is 94.1 Å². The maximum Gasteiger partial charge on any atom is 0.220 e. The van der Waals surface area contributed by atoms with E-state index in [2.05, 4.69) is 5.32 Å². The van der Waals surface area contributed by atoms with E-state index in [0.29, 0.717) is 24.4 Å². The highest BCUT2D eigenvalue weighted by atomic mass is 35.5. The Morgan fingerprint density at radius 2 is 2.13 bits per heavy atom. The Morgan fingerprint density at radius 3 is 2.80 bits per heavy atom. The van der Waals surface area contributed by atoms with Crippen molar-refractivity contribution >= 4 is 17.5 Å². The lowest BCUT2D eigenvalue weighted by molar-refractivity contribution is -0.121. The Balaban J connectivity index is 2.37. The molecule has 0 atom stereocenters. The van der Waals surface area contributed by atoms with Crippen molar-refractivity contribution in [2.24, 2.45) is 0 Å². The van der Waals surface area contributed by atoms with E-state index in [9.17, 15) is 4.79 Å². The zero-order valence-corrected chi connectivity index (χ0v) is 9.13. The first-order chi connectivity index (χ1) is 7.24. The third-order valence-corrected chi connectivity index (χ3v) is 2.36. The van der Waals surface area contributed by atoms with Crippen molar-refractivity contribution in [3.63, 3.8) is 0 Å². The first-order valence-corrected chi connectivity index (χ1v) is 5.23. The van der Waals surface area contributed by atoms with Gasteiger partial charge in [-0.3, -0.25) is 4.79 Å². The van der Waals surface area contributed by atoms with E-state index < -0.39 is 0 Å². The van der Waals surface area contributed by atoms with Gasteiger partial charge in [-0.05, 0) is 18.1 Å². The number of rotatable bonds is 5. The van der Waals surface area contributed by atoms with Crippen LogP contribution in [-0.2, 0) is 11.3 Å². The molecule has 0 bridgehead atoms. The molecule has 0 radical (unpaired) electrons. The third-order valence-electron chi connectivity index (χ3n) is 2.00. The lowest BCUT2D eigenvalue weighted by atomic mass is 10.2. The summed E-state index contributed by atoms with van der Waals surface area (Å²) in [5.74, 6) is -0.0658. The molecule has 0 fully saturated rings. The van der Waals surface area contributed by atoms with Crippen LogP contribution in [0, 0.1) is 0 Å². The standard InChI is InChI=1S/C11H14ClNO2/c12-10-5-2-1-4-9(10)8-13-11(15)6-3-7-14/h1-2,4-5,14H,3,6-8H2,(H,13,15). The lowest BCUT2D eigenvalue weighted by Crippen LogP contribution is -2.22. The van der Waals surface area contributed by atoms with Crippen LogP contribution in [0.1, 0.15) is 18.4 Å². The van der Waals surface area contributed by atoms with E-state index in [4.69, 9.17) is 16.7 Å². The zero-order valence-electron chi connectivity index (χ0n) is 8.37. The van der Waals surface area contributed by atoms with E-state index in [-0.39, 0.29) is 12.5 Å². The highest BCUT2D eigenvalue weighted by Gasteiger charge is 2.02. The molecule has 0 spiro atoms. The summed E-state index contributed by atoms with van der Waals surface area (Å²) >= 11 is 5.92. The molecule has 1 aromatic carbocycles. The van der Waals surface area contributed by atoms with Crippen LogP contribution in [0.3, 0.4) is 0 Å². The van der Waals surface area contributed by atoms with Gasteiger partial charge >= 0.3 is 0 Å². The average Bonchev–Trinajstić information content (AvgIpc) is 2.25. The van der Waals surface area contributed by atoms with Crippen molar-refractivity contribution in [3.05, 3.63) is 34.9 Å². The number of hydrogen-bond donors (Lipinski definition) is 2. The molecule has 0 aromatic heterocycles. The Bertz CT molecular complexity index is 328. The van der Waals surface area contributed by atoms with Crippen LogP contribution in [0.5, 0.6) is 0 Å². The number of nitrogens with one attached hydrogen (secondary N) is 1. The van der Waals surface area contributed by atoms with Crippen LogP contribution in [0.15, 0.2) is 24.3 Å². The topological polar surface area (TPSA) is 49.3 Å². The molecular weight excluding hydrogens is 214 g/mol. The van der Waals surface area contributed by atoms with Crippen LogP contribution in [0.4, 0.5) is 0 Å². The van der Waals surface area contributed by atoms with Crippen LogP contribution in [-0.4, -0.2) is 17.6 Å². The van der Waals surface area contributed by atoms with Gasteiger partial charge in [0.15, 0.2) is 0 Å². The summed E-state index contributed by atoms with van der Waals surface area (Å²) in [5.41, 5.74) is 0.900. The van der Waals surface area contributed by atoms with Gasteiger partial charge in [0.05, 0.1) is 0 Å². The number of halogens is 1. The Hall–Kier alpha value is -1.06. The summed E-state index contributed by atoms with van der Waals surface area (Å²) in [5, 5.41) is 11.9. The zero-order chi connectivity index (χ0) is 11.1. The smallest absolute Gasteiger partial charge is 0.220 e. The number of amides is 1. The van der Waals surface area contributed by atoms with E-state index in [1.54, 1.807) is 6.07 Å². The number of carbonyl (C=O) groups excluding carboxylic acids is 1. The highest BCUT2D eigenvalue weighted by Crippen LogP contribution is 2.14. The summed E-state index contributed by atoms with van der Waals surface area (Å²) in [6, 6.07) is 7.38. The minimum atomic E-state index is -0.0658. The summed E-state index contributed by atoms with van der Waals surface area (Å²) in [7, 11) is 0. The van der Waals surface area contributed by atoms with E-state index >= 15 is 0 Å². The molecule has 4 heteroatoms. The second kappa shape index (κ2) is 6.43. The van der Waals surface area contributed by atoms with Crippen LogP contribution >= 0.6 is 11.6 Å². The van der Waals surface area contributed by atoms with Crippen LogP contribution < -0.4 is 5.32 Å². The van der Waals surface area contributed by atoms with E-state index in [1.807, 2.05) is 18.2 Å². The molecule has 1 amide bonds. The number of hydrogen-bond acceptors (Lipinski definition) is 2. The van der Waals surface area contributed by atoms with E-state index in [0.717, 1.165) is 5.56 Å². The maximum atomic E-state index is 11.2. The van der Waals surface area contributed by atoms with Gasteiger partial charge in [-0.1, -0.05) is 29.8 Å². The molecule has 0 saturated carbocycles. The summed E-state index contributed by atoms with van der Waals surface area (Å²) in [4.78, 5) is 11.2. The number of aliphatic hydroxyl groups is 1. The van der Waals surface area contributed by atoms with Gasteiger partial charge in [-0.2, -0.15) is 0 Å². The molecule has 3 nitrogen and oxygen atoms in total. The molecule has 1 aromatic rings. The second-order valence-electron chi connectivity index (χ2n) is 3.20. The summed E-state index contributed by atoms with van der Waals surface area (Å²) in [6.45, 7) is 0.476. The molecule has 0 unspecified atom stereocenters. The quantitative estimate of drug-likeness (QED) is 0.805. The first kappa shape index (κ1) is 12.0. The molecule has 0 saturated heterocycles. The van der Waals surface area contributed by atoms with Crippen LogP contribution in [0.2, 0.25) is 5.02 Å². The Kier molecular flexibility index (Phi) is 5.15. The lowest BCUT2D eigenvalue weighted by Gasteiger charge is -2.06. The summed E-state index contributed by atoms with van der Waals surface area (Å²) in [6.07, 6.45) is 0.843. The van der Waals surface area contributed by atoms with Gasteiger partial charge in [0, 0.05) is 24.6 Å². The molecule has 0 aliphatic carbocycles. The van der Waals surface area contributed by atoms with Crippen LogP contribution in [0.25, 0.3) is 0 Å². The molecule has 0 aliphatic heterocycles. The molecule has 0 heterocycles. The molecule has 2 N–H and O–H groups in total. The van der Waals surface area contributed by atoms with Crippen molar-refractivity contribution < 1.29 is 9.90 Å². The molecular formula is C11H14ClNO2. The van der Waals surface area contributed by atoms with Crippen molar-refractivity contribution in [2.75, 3.05) is 6.61 Å². The fourth-order valence-electron chi connectivity index (χ4n) is 1.16. The normalized spacial score (nSPS) is 10.0. The van der Waals surface area contributed by atoms with Crippen molar-refractivity contribution in [3.8, 4) is 0 Å². The predicted molar refractivity (Wildman–Crippen MR) is 59.6 cm³/mol. The number of aliphatic hydroxyl groups excluding tert-OH is 1. The Morgan fingerprint density at radius 1 is 1.40 bits per heavy atom. The largest absolute Gasteiger partial charge is 0.396 e. The van der Waals surface area contributed by atoms with Gasteiger partial charge < -0.3 is 10.4 Å². The summed E-state index contributed by atoms with van der Waals surface area (Å²) < 4.78 is 0. The second-order valence-corrected chi connectivity index (χ2v) is 3.60. The van der Waals surface area contributed by atoms with E-state index in [1.165, 1.54) is 0 Å². The van der Waals surface area contributed by atoms with Crippen molar-refractivity contribution in [2.45, 2.75) is 19.4 Å². The van der Waals surface area contributed by atoms with Gasteiger partial charge in [0.25, 0.3) is 0 Å². The number of benzene rings is 1. The molecule has 82 valence electrons. The minimum Gasteiger partial charge on any atom is -0.396 e. The molecule has 0 aliphatic rings. The van der Waals surface area contributed by atoms with Crippen molar-refractivity contribution in [1.29, 1.82) is 0 Å². The fraction of sp³-hybridized carbons (Fsp3) is 0.364. The van der Waals surface area contributed by atoms with Gasteiger partial charge in [-0.15, -0.1) is 0 Å². The van der Waals surface area contributed by atoms with Gasteiger partial charge in [-0.25, -0.2) is 0 Å². The fourth-order valence-corrected chi connectivity index (χ4v) is 1.37. The predicted octanol–water partition coefficient (Wildman–Crippen LogP) is 1.73. The maximum absolute atomic E-state index is 11.2. The van der Waals surface area contributed by atoms with Gasteiger partial charge in [0.2, 0.25) is 5.91 Å². The molecule has 15 heavy (non-hydrogen) atoms. The number of carbonyl (C=O) groups is 1. The monoisotopic (exact) mass is 227 g/mol. The van der Waals surface area contributed by atoms with Gasteiger partial charge in [0.1, 0.15) is 0 Å². The van der Waals surface area contributed by atoms with Crippen molar-refractivity contribution in [1.82, 2.24) is 5.32 Å². The average molecular weight is 228 g/mol. The first-order valence-electron chi connectivity index (χ1n) is 4.85. The highest BCUT2D eigenvalue weighted by molar-refractivity contribution is 6.31. The minimum absolute atomic E-state index is 0.0412. The third kappa shape index (κ3) is 4.32. The SMILES string of the molecule is O=C(CCCO)NCc1ccccc1Cl.